The quantitative estimate of drug-likeness (QED) is 0.294. The largest absolute Gasteiger partial charge is 0.269 e. The van der Waals surface area contributed by atoms with Gasteiger partial charge in [0.25, 0.3) is 0 Å². The average Bonchev–Trinajstić information content (AvgIpc) is 1.00. The average molecular weight is 102 g/mol. The first-order chi connectivity index (χ1) is 1.00. The van der Waals surface area contributed by atoms with Crippen LogP contribution in [0.2, 0.25) is 0 Å². The summed E-state index contributed by atoms with van der Waals surface area (Å²) in [6.07, 6.45) is 0. The van der Waals surface area contributed by atoms with Crippen molar-refractivity contribution < 1.29 is 18.8 Å². The first kappa shape index (κ1) is 191. The SMILES string of the molecule is F.F.F.F.[B][B]. The third kappa shape index (κ3) is 1390. The fourth-order valence-corrected chi connectivity index (χ4v) is 0. The van der Waals surface area contributed by atoms with Gasteiger partial charge in [-0.1, -0.05) is 0 Å². The Hall–Kier alpha value is -0.150. The fraction of sp³-hybridized carbons (Fsp3) is 0. The maximum atomic E-state index is 4.00. The van der Waals surface area contributed by atoms with Crippen molar-refractivity contribution in [1.29, 1.82) is 0 Å². The van der Waals surface area contributed by atoms with Crippen LogP contribution in [0.15, 0.2) is 0 Å². The first-order valence-corrected chi connectivity index (χ1v) is 0.333. The maximum absolute atomic E-state index is 4.00. The third-order valence-corrected chi connectivity index (χ3v) is 0. The van der Waals surface area contributed by atoms with Crippen LogP contribution in [0.4, 0.5) is 18.8 Å². The second-order valence-corrected chi connectivity index (χ2v) is 0. The summed E-state index contributed by atoms with van der Waals surface area (Å²) in [4.78, 5) is 0. The Bertz CT molecular complexity index is 5.51. The van der Waals surface area contributed by atoms with Gasteiger partial charge in [0.05, 0.1) is 0 Å². The molecule has 0 N–H and O–H groups in total. The summed E-state index contributed by atoms with van der Waals surface area (Å²) in [6, 6.07) is 0. The minimum Gasteiger partial charge on any atom is -0.269 e. The molecule has 0 spiro atoms. The Balaban J connectivity index is -0.000000000833. The van der Waals surface area contributed by atoms with Gasteiger partial charge in [-0.25, -0.2) is 0 Å². The van der Waals surface area contributed by atoms with Gasteiger partial charge in [0.1, 0.15) is 0 Å². The van der Waals surface area contributed by atoms with Crippen molar-refractivity contribution in [3.63, 3.8) is 0 Å². The standard InChI is InChI=1S/B2.4FH/c1-2;;;;/h;4*1H. The number of halogens is 4. The van der Waals surface area contributed by atoms with Crippen molar-refractivity contribution in [3.8, 4) is 0 Å². The zero-order valence-corrected chi connectivity index (χ0v) is 2.79. The van der Waals surface area contributed by atoms with Crippen LogP contribution in [0.3, 0.4) is 0 Å². The third-order valence-electron chi connectivity index (χ3n) is 0. The molecule has 4 radical (unpaired) electrons. The highest BCUT2D eigenvalue weighted by molar-refractivity contribution is 6.75. The summed E-state index contributed by atoms with van der Waals surface area (Å²) >= 11 is 0. The molecule has 0 atom stereocenters. The van der Waals surface area contributed by atoms with E-state index in [-0.39, 0.29) is 18.8 Å². The van der Waals surface area contributed by atoms with E-state index >= 15 is 0 Å². The molecule has 0 amide bonds. The molecule has 6 heavy (non-hydrogen) atoms. The minimum atomic E-state index is 0. The lowest BCUT2D eigenvalue weighted by Gasteiger charge is -1.00. The molecule has 0 unspecified atom stereocenters. The van der Waals surface area contributed by atoms with Crippen molar-refractivity contribution in [3.05, 3.63) is 0 Å². The Kier molecular flexibility index (Phi) is 101000. The predicted octanol–water partition coefficient (Wildman–Crippen LogP) is -0.152. The topological polar surface area (TPSA) is 0 Å². The fourth-order valence-electron chi connectivity index (χ4n) is 0. The van der Waals surface area contributed by atoms with E-state index in [1.165, 1.54) is 0 Å². The molecule has 0 aliphatic heterocycles. The Morgan fingerprint density at radius 2 is 0.500 bits per heavy atom. The van der Waals surface area contributed by atoms with E-state index in [9.17, 15) is 0 Å². The Labute approximate surface area is 35.6 Å². The van der Waals surface area contributed by atoms with Gasteiger partial charge in [0.15, 0.2) is 0 Å². The molecule has 0 fully saturated rings. The molecule has 0 aliphatic carbocycles. The van der Waals surface area contributed by atoms with Crippen LogP contribution in [0.5, 0.6) is 0 Å². The van der Waals surface area contributed by atoms with Gasteiger partial charge < -0.3 is 0 Å². The molecule has 0 saturated heterocycles. The van der Waals surface area contributed by atoms with Gasteiger partial charge in [-0.2, -0.15) is 0 Å². The van der Waals surface area contributed by atoms with Crippen molar-refractivity contribution in [1.82, 2.24) is 0 Å². The second kappa shape index (κ2) is 3190. The van der Waals surface area contributed by atoms with E-state index in [0.717, 1.165) is 0 Å². The van der Waals surface area contributed by atoms with Crippen molar-refractivity contribution in [2.24, 2.45) is 0 Å². The van der Waals surface area contributed by atoms with Crippen LogP contribution in [-0.2, 0) is 0 Å². The van der Waals surface area contributed by atoms with Crippen LogP contribution >= 0.6 is 0 Å². The molecule has 0 saturated carbocycles. The van der Waals surface area contributed by atoms with Crippen LogP contribution in [0.25, 0.3) is 0 Å². The highest BCUT2D eigenvalue weighted by Gasteiger charge is 1.00. The van der Waals surface area contributed by atoms with Gasteiger partial charge in [0.2, 0.25) is 0 Å². The van der Waals surface area contributed by atoms with E-state index in [4.69, 9.17) is 0 Å². The zero-order chi connectivity index (χ0) is 2.00. The highest BCUT2D eigenvalue weighted by Crippen LogP contribution is 0.619. The lowest BCUT2D eigenvalue weighted by atomic mass is 9.81. The van der Waals surface area contributed by atoms with E-state index in [1.807, 2.05) is 0 Å². The summed E-state index contributed by atoms with van der Waals surface area (Å²) in [5.74, 6) is 0. The zero-order valence-electron chi connectivity index (χ0n) is 2.79. The molecular formula is H4B2F4. The Morgan fingerprint density at radius 1 is 0.500 bits per heavy atom. The lowest BCUT2D eigenvalue weighted by molar-refractivity contribution is 1.11. The van der Waals surface area contributed by atoms with Gasteiger partial charge in [0, 0.05) is 15.5 Å². The van der Waals surface area contributed by atoms with Gasteiger partial charge in [-0.15, -0.1) is 0 Å². The smallest absolute Gasteiger partial charge is 0 e. The van der Waals surface area contributed by atoms with Crippen molar-refractivity contribution >= 4 is 15.5 Å². The number of hydrogen-bond donors (Lipinski definition) is 0. The maximum Gasteiger partial charge on any atom is 0 e. The van der Waals surface area contributed by atoms with Crippen LogP contribution in [-0.4, -0.2) is 15.5 Å². The molecule has 0 bridgehead atoms. The monoisotopic (exact) mass is 102 g/mol. The molecule has 38 valence electrons. The van der Waals surface area contributed by atoms with E-state index < -0.39 is 0 Å². The van der Waals surface area contributed by atoms with Crippen LogP contribution in [0.1, 0.15) is 0 Å². The van der Waals surface area contributed by atoms with Crippen LogP contribution < -0.4 is 0 Å². The molecule has 0 aromatic rings. The summed E-state index contributed by atoms with van der Waals surface area (Å²) < 4.78 is 0. The minimum absolute atomic E-state index is 0. The molecule has 6 heteroatoms. The summed E-state index contributed by atoms with van der Waals surface area (Å²) in [6.45, 7) is 0. The second-order valence-electron chi connectivity index (χ2n) is 0. The predicted molar refractivity (Wildman–Crippen MR) is 21.5 cm³/mol. The van der Waals surface area contributed by atoms with Crippen LogP contribution in [0, 0.1) is 0 Å². The summed E-state index contributed by atoms with van der Waals surface area (Å²) in [7, 11) is 8.00. The lowest BCUT2D eigenvalue weighted by Crippen LogP contribution is -1.38. The highest BCUT2D eigenvalue weighted by atomic mass is 19.0. The van der Waals surface area contributed by atoms with E-state index in [2.05, 4.69) is 15.5 Å². The molecule has 0 aromatic carbocycles. The van der Waals surface area contributed by atoms with E-state index in [1.54, 1.807) is 0 Å². The van der Waals surface area contributed by atoms with Crippen molar-refractivity contribution in [2.45, 2.75) is 0 Å². The molecule has 0 aromatic heterocycles. The molecule has 0 nitrogen and oxygen atoms in total. The number of hydrogen-bond acceptors (Lipinski definition) is 0. The molecular weight excluding hydrogens is 97.6 g/mol. The van der Waals surface area contributed by atoms with Gasteiger partial charge >= 0.3 is 0 Å². The number of rotatable bonds is 0. The Morgan fingerprint density at radius 3 is 0.500 bits per heavy atom. The summed E-state index contributed by atoms with van der Waals surface area (Å²) in [5, 5.41) is 0. The van der Waals surface area contributed by atoms with Crippen molar-refractivity contribution in [2.75, 3.05) is 0 Å². The van der Waals surface area contributed by atoms with Gasteiger partial charge in [-0.05, 0) is 0 Å². The van der Waals surface area contributed by atoms with E-state index in [0.29, 0.717) is 0 Å². The summed E-state index contributed by atoms with van der Waals surface area (Å²) in [5.41, 5.74) is 0. The molecule has 0 heterocycles. The molecule has 0 aliphatic rings. The van der Waals surface area contributed by atoms with Gasteiger partial charge in [-0.3, -0.25) is 18.8 Å². The first-order valence-electron chi connectivity index (χ1n) is 0.333. The normalized spacial score (nSPS) is 0.667. The molecule has 0 rings (SSSR count).